The predicted molar refractivity (Wildman–Crippen MR) is 118 cm³/mol. The number of halogens is 1. The van der Waals surface area contributed by atoms with Gasteiger partial charge in [0.25, 0.3) is 5.91 Å². The van der Waals surface area contributed by atoms with E-state index in [2.05, 4.69) is 13.8 Å². The molecule has 0 bridgehead atoms. The lowest BCUT2D eigenvalue weighted by molar-refractivity contribution is -0.137. The molecular formula is C22H31ClN2O5S. The van der Waals surface area contributed by atoms with Gasteiger partial charge in [0.15, 0.2) is 6.61 Å². The molecule has 2 saturated heterocycles. The number of esters is 1. The molecule has 2 atom stereocenters. The first-order valence-electron chi connectivity index (χ1n) is 10.9. The fraction of sp³-hybridized carbons (Fsp3) is 0.636. The number of carbonyl (C=O) groups is 2. The maximum Gasteiger partial charge on any atom is 0.338 e. The molecule has 2 fully saturated rings. The summed E-state index contributed by atoms with van der Waals surface area (Å²) in [6.07, 6.45) is 4.66. The summed E-state index contributed by atoms with van der Waals surface area (Å²) in [4.78, 5) is 26.6. The van der Waals surface area contributed by atoms with Gasteiger partial charge in [0, 0.05) is 26.2 Å². The van der Waals surface area contributed by atoms with Gasteiger partial charge < -0.3 is 9.64 Å². The SMILES string of the molecule is CC1CC(C)CN(C(=O)COC(=O)c2ccc(Cl)c(S(=O)(=O)N3CCCCCC3)c2)C1. The van der Waals surface area contributed by atoms with Crippen LogP contribution in [-0.4, -0.2) is 62.3 Å². The highest BCUT2D eigenvalue weighted by molar-refractivity contribution is 7.89. The largest absolute Gasteiger partial charge is 0.452 e. The van der Waals surface area contributed by atoms with Crippen LogP contribution in [0, 0.1) is 11.8 Å². The topological polar surface area (TPSA) is 84.0 Å². The summed E-state index contributed by atoms with van der Waals surface area (Å²) >= 11 is 6.18. The Labute approximate surface area is 189 Å². The molecule has 31 heavy (non-hydrogen) atoms. The van der Waals surface area contributed by atoms with E-state index in [1.165, 1.54) is 22.5 Å². The first kappa shape index (κ1) is 24.0. The molecule has 9 heteroatoms. The van der Waals surface area contributed by atoms with Crippen molar-refractivity contribution in [2.24, 2.45) is 11.8 Å². The summed E-state index contributed by atoms with van der Waals surface area (Å²) in [6.45, 7) is 6.02. The van der Waals surface area contributed by atoms with E-state index >= 15 is 0 Å². The molecule has 1 amide bonds. The molecule has 2 aliphatic heterocycles. The number of carbonyl (C=O) groups excluding carboxylic acids is 2. The molecule has 0 aliphatic carbocycles. The molecule has 0 radical (unpaired) electrons. The Morgan fingerprint density at radius 3 is 2.29 bits per heavy atom. The van der Waals surface area contributed by atoms with Crippen molar-refractivity contribution in [1.29, 1.82) is 0 Å². The van der Waals surface area contributed by atoms with Crippen LogP contribution in [0.3, 0.4) is 0 Å². The molecule has 2 heterocycles. The maximum atomic E-state index is 13.1. The molecule has 7 nitrogen and oxygen atoms in total. The van der Waals surface area contributed by atoms with Crippen molar-refractivity contribution in [2.75, 3.05) is 32.8 Å². The van der Waals surface area contributed by atoms with Crippen molar-refractivity contribution in [3.8, 4) is 0 Å². The Hall–Kier alpha value is -1.64. The lowest BCUT2D eigenvalue weighted by Gasteiger charge is -2.34. The number of amides is 1. The smallest absolute Gasteiger partial charge is 0.338 e. The summed E-state index contributed by atoms with van der Waals surface area (Å²) in [5.41, 5.74) is 0.0611. The van der Waals surface area contributed by atoms with Crippen LogP contribution in [0.1, 0.15) is 56.3 Å². The van der Waals surface area contributed by atoms with Gasteiger partial charge in [0.2, 0.25) is 10.0 Å². The zero-order chi connectivity index (χ0) is 22.6. The van der Waals surface area contributed by atoms with Gasteiger partial charge in [0.1, 0.15) is 4.90 Å². The molecule has 0 spiro atoms. The minimum atomic E-state index is -3.81. The number of hydrogen-bond donors (Lipinski definition) is 0. The van der Waals surface area contributed by atoms with E-state index in [4.69, 9.17) is 16.3 Å². The average Bonchev–Trinajstić information content (AvgIpc) is 3.01. The number of rotatable bonds is 5. The molecule has 2 aliphatic rings. The van der Waals surface area contributed by atoms with Crippen LogP contribution in [-0.2, 0) is 19.6 Å². The fourth-order valence-corrected chi connectivity index (χ4v) is 6.44. The van der Waals surface area contributed by atoms with Gasteiger partial charge in [-0.25, -0.2) is 13.2 Å². The minimum Gasteiger partial charge on any atom is -0.452 e. The molecule has 3 rings (SSSR count). The van der Waals surface area contributed by atoms with Crippen LogP contribution < -0.4 is 0 Å². The second-order valence-corrected chi connectivity index (χ2v) is 11.1. The summed E-state index contributed by atoms with van der Waals surface area (Å²) in [5, 5.41) is 0.0631. The summed E-state index contributed by atoms with van der Waals surface area (Å²) in [6, 6.07) is 4.06. The Morgan fingerprint density at radius 1 is 1.06 bits per heavy atom. The highest BCUT2D eigenvalue weighted by Gasteiger charge is 2.29. The van der Waals surface area contributed by atoms with Crippen LogP contribution in [0.15, 0.2) is 23.1 Å². The Kier molecular flexibility index (Phi) is 7.99. The molecule has 0 saturated carbocycles. The predicted octanol–water partition coefficient (Wildman–Crippen LogP) is 3.57. The number of likely N-dealkylation sites (tertiary alicyclic amines) is 1. The third kappa shape index (κ3) is 5.99. The zero-order valence-electron chi connectivity index (χ0n) is 18.2. The van der Waals surface area contributed by atoms with E-state index in [1.807, 2.05) is 0 Å². The van der Waals surface area contributed by atoms with Gasteiger partial charge >= 0.3 is 5.97 Å². The monoisotopic (exact) mass is 470 g/mol. The quantitative estimate of drug-likeness (QED) is 0.614. The van der Waals surface area contributed by atoms with Crippen LogP contribution in [0.4, 0.5) is 0 Å². The molecular weight excluding hydrogens is 440 g/mol. The van der Waals surface area contributed by atoms with Gasteiger partial charge in [-0.05, 0) is 49.3 Å². The molecule has 2 unspecified atom stereocenters. The summed E-state index contributed by atoms with van der Waals surface area (Å²) in [5.74, 6) is -0.161. The number of benzene rings is 1. The van der Waals surface area contributed by atoms with Gasteiger partial charge in [-0.1, -0.05) is 38.3 Å². The summed E-state index contributed by atoms with van der Waals surface area (Å²) in [7, 11) is -3.81. The first-order valence-corrected chi connectivity index (χ1v) is 12.7. The number of sulfonamides is 1. The third-order valence-electron chi connectivity index (χ3n) is 5.90. The van der Waals surface area contributed by atoms with Crippen molar-refractivity contribution in [3.05, 3.63) is 28.8 Å². The highest BCUT2D eigenvalue weighted by atomic mass is 35.5. The maximum absolute atomic E-state index is 13.1. The van der Waals surface area contributed by atoms with E-state index in [9.17, 15) is 18.0 Å². The van der Waals surface area contributed by atoms with E-state index in [-0.39, 0.29) is 28.0 Å². The average molecular weight is 471 g/mol. The van der Waals surface area contributed by atoms with E-state index in [1.54, 1.807) is 4.90 Å². The molecule has 1 aromatic rings. The standard InChI is InChI=1S/C22H31ClN2O5S/c1-16-11-17(2)14-24(13-16)21(26)15-30-22(27)18-7-8-19(23)20(12-18)31(28,29)25-9-5-3-4-6-10-25/h7-8,12,16-17H,3-6,9-11,13-15H2,1-2H3. The second kappa shape index (κ2) is 10.3. The number of piperidine rings is 1. The van der Waals surface area contributed by atoms with Crippen LogP contribution in [0.2, 0.25) is 5.02 Å². The Morgan fingerprint density at radius 2 is 1.68 bits per heavy atom. The molecule has 0 N–H and O–H groups in total. The lowest BCUT2D eigenvalue weighted by atomic mass is 9.92. The molecule has 1 aromatic carbocycles. The Bertz CT molecular complexity index is 902. The van der Waals surface area contributed by atoms with Gasteiger partial charge in [-0.2, -0.15) is 4.31 Å². The zero-order valence-corrected chi connectivity index (χ0v) is 19.8. The van der Waals surface area contributed by atoms with Gasteiger partial charge in [0.05, 0.1) is 10.6 Å². The molecule has 0 aromatic heterocycles. The van der Waals surface area contributed by atoms with Gasteiger partial charge in [-0.3, -0.25) is 4.79 Å². The van der Waals surface area contributed by atoms with E-state index in [0.717, 1.165) is 32.1 Å². The fourth-order valence-electron chi connectivity index (χ4n) is 4.42. The van der Waals surface area contributed by atoms with Crippen LogP contribution >= 0.6 is 11.6 Å². The normalized spacial score (nSPS) is 23.3. The van der Waals surface area contributed by atoms with Crippen LogP contribution in [0.5, 0.6) is 0 Å². The van der Waals surface area contributed by atoms with Gasteiger partial charge in [-0.15, -0.1) is 0 Å². The molecule has 172 valence electrons. The Balaban J connectivity index is 1.69. The van der Waals surface area contributed by atoms with Crippen molar-refractivity contribution in [3.63, 3.8) is 0 Å². The van der Waals surface area contributed by atoms with Crippen LogP contribution in [0.25, 0.3) is 0 Å². The highest BCUT2D eigenvalue weighted by Crippen LogP contribution is 2.28. The van der Waals surface area contributed by atoms with Crippen molar-refractivity contribution >= 4 is 33.5 Å². The van der Waals surface area contributed by atoms with Crippen molar-refractivity contribution < 1.29 is 22.7 Å². The summed E-state index contributed by atoms with van der Waals surface area (Å²) < 4.78 is 32.8. The number of hydrogen-bond acceptors (Lipinski definition) is 5. The number of ether oxygens (including phenoxy) is 1. The second-order valence-electron chi connectivity index (χ2n) is 8.78. The van der Waals surface area contributed by atoms with E-state index < -0.39 is 16.0 Å². The van der Waals surface area contributed by atoms with E-state index in [0.29, 0.717) is 38.0 Å². The first-order chi connectivity index (χ1) is 14.7. The van der Waals surface area contributed by atoms with Crippen molar-refractivity contribution in [2.45, 2.75) is 50.8 Å². The van der Waals surface area contributed by atoms with Crippen molar-refractivity contribution in [1.82, 2.24) is 9.21 Å². The lowest BCUT2D eigenvalue weighted by Crippen LogP contribution is -2.44. The number of nitrogens with zero attached hydrogens (tertiary/aromatic N) is 2. The minimum absolute atomic E-state index is 0.0611. The third-order valence-corrected chi connectivity index (χ3v) is 8.28.